The van der Waals surface area contributed by atoms with Gasteiger partial charge in [-0.2, -0.15) is 4.31 Å². The molecule has 9 aromatic rings. The van der Waals surface area contributed by atoms with Gasteiger partial charge in [-0.15, -0.1) is 91.8 Å². The molecule has 0 N–H and O–H groups in total. The molecule has 10 atom stereocenters. The van der Waals surface area contributed by atoms with E-state index in [1.54, 1.807) is 54.9 Å². The summed E-state index contributed by atoms with van der Waals surface area (Å²) in [5, 5.41) is 89.8. The zero-order valence-corrected chi connectivity index (χ0v) is 63.2. The minimum atomic E-state index is -5.42. The van der Waals surface area contributed by atoms with Crippen molar-refractivity contribution in [3.8, 4) is 0 Å². The van der Waals surface area contributed by atoms with Crippen LogP contribution in [0.2, 0.25) is 0 Å². The van der Waals surface area contributed by atoms with Crippen molar-refractivity contribution in [3.05, 3.63) is 132 Å². The van der Waals surface area contributed by atoms with E-state index < -0.39 is 73.7 Å². The van der Waals surface area contributed by atoms with E-state index >= 15 is 8.42 Å². The van der Waals surface area contributed by atoms with Crippen LogP contribution in [0.3, 0.4) is 0 Å². The van der Waals surface area contributed by atoms with E-state index in [0.29, 0.717) is 161 Å². The highest BCUT2D eigenvalue weighted by Crippen LogP contribution is 2.75. The van der Waals surface area contributed by atoms with Crippen molar-refractivity contribution in [2.75, 3.05) is 0 Å². The quantitative estimate of drug-likeness (QED) is 0.0347. The van der Waals surface area contributed by atoms with Crippen LogP contribution in [0, 0.1) is 5.41 Å². The summed E-state index contributed by atoms with van der Waals surface area (Å²) in [6, 6.07) is -2.15. The van der Waals surface area contributed by atoms with Crippen LogP contribution in [-0.4, -0.2) is 150 Å². The van der Waals surface area contributed by atoms with E-state index in [4.69, 9.17) is 81.6 Å². The van der Waals surface area contributed by atoms with Crippen molar-refractivity contribution in [1.82, 2.24) is 137 Å². The summed E-state index contributed by atoms with van der Waals surface area (Å²) in [7, 11) is -5.42. The summed E-state index contributed by atoms with van der Waals surface area (Å²) in [5.74, 6) is -1.46. The molecule has 10 unspecified atom stereocenters. The Morgan fingerprint density at radius 2 is 0.510 bits per heavy atom. The monoisotopic (exact) mass is 1390 g/mol. The number of aryl methyl sites for hydroxylation is 9. The third kappa shape index (κ3) is 12.8. The standard InChI is InChI=1S/C69H108N28O2S/c1-19-28-88-37-70-79-59(88)46(10)55-56(47(11)60-80-71-38-89(60)29-20-2)58(49(13)62-82-73-40-91(62)31-22-4)69(52(16)65-85-76-43-94(65)34-25-7,100(98,99)97(53(17)66-86-77-44-95(66)35-26-8)54(18)67-87-78-45-96(67)36-27-9)68(50(14)63-83-74-41-92(63)32-23-5,51(15)64-84-75-42-93(64)33-24-6)57(55)48(12)61-81-72-39-90(61)30-21-3/h37-54H,19-36H2,1-18H3. The smallest absolute Gasteiger partial charge is 0.226 e. The fourth-order valence-corrected chi connectivity index (χ4v) is 20.6. The Labute approximate surface area is 589 Å². The fourth-order valence-electron chi connectivity index (χ4n) is 17.2. The van der Waals surface area contributed by atoms with Crippen LogP contribution >= 0.6 is 0 Å². The summed E-state index contributed by atoms with van der Waals surface area (Å²) < 4.78 is 59.3. The molecule has 9 aromatic heterocycles. The number of rotatable bonds is 38. The van der Waals surface area contributed by atoms with Gasteiger partial charge in [0.1, 0.15) is 102 Å². The Bertz CT molecular complexity index is 4180. The Hall–Kier alpha value is -8.35. The summed E-state index contributed by atoms with van der Waals surface area (Å²) >= 11 is 0. The lowest BCUT2D eigenvalue weighted by Gasteiger charge is -2.65. The second-order valence-electron chi connectivity index (χ2n) is 27.4. The van der Waals surface area contributed by atoms with Gasteiger partial charge in [0, 0.05) is 106 Å². The van der Waals surface area contributed by atoms with Crippen LogP contribution in [0.25, 0.3) is 0 Å². The molecule has 1 aliphatic carbocycles. The molecule has 0 saturated carbocycles. The topological polar surface area (TPSA) is 314 Å². The second kappa shape index (κ2) is 32.1. The van der Waals surface area contributed by atoms with Crippen molar-refractivity contribution in [1.29, 1.82) is 0 Å². The molecule has 0 radical (unpaired) electrons. The van der Waals surface area contributed by atoms with Gasteiger partial charge in [0.15, 0.2) is 11.6 Å². The predicted octanol–water partition coefficient (Wildman–Crippen LogP) is 11.1. The van der Waals surface area contributed by atoms with Gasteiger partial charge < -0.3 is 41.1 Å². The van der Waals surface area contributed by atoms with Crippen molar-refractivity contribution < 1.29 is 8.42 Å². The molecule has 0 saturated heterocycles. The van der Waals surface area contributed by atoms with Crippen molar-refractivity contribution in [2.24, 2.45) is 5.41 Å². The van der Waals surface area contributed by atoms with E-state index in [1.807, 2.05) is 33.9 Å². The SMILES string of the molecule is CCCn1cnnc1C(C)C1=C(C(C)c2nncn2CCC)C(C(C)c2nncn2CCC)(C(C)c2nncn2CCC)C(C(C)c2nncn2CCC)(S(=O)(=O)N(C(C)c2nncn2CCC)C(C)c2nncn2CCC)C(C(C)c2nncn2CCC)=C1C(C)c1nncn1CCC. The van der Waals surface area contributed by atoms with Gasteiger partial charge in [-0.1, -0.05) is 111 Å². The van der Waals surface area contributed by atoms with Crippen LogP contribution < -0.4 is 0 Å². The first-order chi connectivity index (χ1) is 48.3. The number of hydrogen-bond donors (Lipinski definition) is 0. The lowest BCUT2D eigenvalue weighted by molar-refractivity contribution is 0.110. The molecule has 1 aliphatic rings. The molecule has 31 heteroatoms. The number of hydrogen-bond acceptors (Lipinski definition) is 20. The van der Waals surface area contributed by atoms with E-state index in [9.17, 15) is 0 Å². The Morgan fingerprint density at radius 1 is 0.300 bits per heavy atom. The zero-order chi connectivity index (χ0) is 71.8. The molecular weight excluding hydrogens is 1290 g/mol. The van der Waals surface area contributed by atoms with Gasteiger partial charge in [0.25, 0.3) is 0 Å². The van der Waals surface area contributed by atoms with Crippen molar-refractivity contribution in [3.63, 3.8) is 0 Å². The van der Waals surface area contributed by atoms with Crippen LogP contribution in [0.5, 0.6) is 0 Å². The van der Waals surface area contributed by atoms with E-state index in [-0.39, 0.29) is 0 Å². The third-order valence-corrected chi connectivity index (χ3v) is 23.8. The summed E-state index contributed by atoms with van der Waals surface area (Å²) in [6.45, 7) is 42.8. The van der Waals surface area contributed by atoms with E-state index in [1.165, 1.54) is 0 Å². The molecule has 0 amide bonds. The molecule has 0 bridgehead atoms. The Morgan fingerprint density at radius 3 is 0.790 bits per heavy atom. The fraction of sp³-hybridized carbons (Fsp3) is 0.681. The number of aromatic nitrogens is 27. The average molecular weight is 1390 g/mol. The maximum absolute atomic E-state index is 20.7. The summed E-state index contributed by atoms with van der Waals surface area (Å²) in [4.78, 5) is 0. The van der Waals surface area contributed by atoms with Crippen LogP contribution in [0.1, 0.15) is 288 Å². The zero-order valence-electron chi connectivity index (χ0n) is 62.4. The van der Waals surface area contributed by atoms with E-state index in [2.05, 4.69) is 148 Å². The van der Waals surface area contributed by atoms with Gasteiger partial charge >= 0.3 is 0 Å². The minimum Gasteiger partial charge on any atom is -0.317 e. The largest absolute Gasteiger partial charge is 0.317 e. The highest BCUT2D eigenvalue weighted by Gasteiger charge is 2.77. The van der Waals surface area contributed by atoms with Gasteiger partial charge in [0.2, 0.25) is 10.0 Å². The lowest BCUT2D eigenvalue weighted by Crippen LogP contribution is -2.70. The maximum Gasteiger partial charge on any atom is 0.226 e. The molecular formula is C69H108N28O2S. The normalized spacial score (nSPS) is 19.0. The highest BCUT2D eigenvalue weighted by atomic mass is 32.2. The number of nitrogens with zero attached hydrogens (tertiary/aromatic N) is 28. The molecule has 0 aliphatic heterocycles. The first-order valence-electron chi connectivity index (χ1n) is 36.7. The molecule has 0 aromatic carbocycles. The lowest BCUT2D eigenvalue weighted by atomic mass is 9.44. The van der Waals surface area contributed by atoms with E-state index in [0.717, 1.165) is 30.4 Å². The minimum absolute atomic E-state index is 0.434. The van der Waals surface area contributed by atoms with Crippen molar-refractivity contribution >= 4 is 10.0 Å². The third-order valence-electron chi connectivity index (χ3n) is 20.9. The second-order valence-corrected chi connectivity index (χ2v) is 29.5. The molecule has 30 nitrogen and oxygen atoms in total. The average Bonchev–Trinajstić information content (AvgIpc) is 0.884. The summed E-state index contributed by atoms with van der Waals surface area (Å²) in [5.41, 5.74) is 0.854. The van der Waals surface area contributed by atoms with Gasteiger partial charge in [-0.3, -0.25) is 0 Å². The molecule has 542 valence electrons. The highest BCUT2D eigenvalue weighted by molar-refractivity contribution is 7.91. The summed E-state index contributed by atoms with van der Waals surface area (Å²) in [6.07, 6.45) is 22.4. The molecule has 0 spiro atoms. The van der Waals surface area contributed by atoms with Gasteiger partial charge in [-0.05, 0) is 93.9 Å². The first kappa shape index (κ1) is 74.3. The first-order valence-corrected chi connectivity index (χ1v) is 38.2. The van der Waals surface area contributed by atoms with Gasteiger partial charge in [-0.25, -0.2) is 8.42 Å². The molecule has 9 heterocycles. The molecule has 10 rings (SSSR count). The van der Waals surface area contributed by atoms with Crippen LogP contribution in [0.4, 0.5) is 0 Å². The number of allylic oxidation sites excluding steroid dienone is 3. The molecule has 100 heavy (non-hydrogen) atoms. The number of sulfonamides is 1. The Kier molecular flexibility index (Phi) is 23.9. The molecule has 0 fully saturated rings. The maximum atomic E-state index is 20.7. The van der Waals surface area contributed by atoms with Crippen molar-refractivity contribution in [2.45, 2.75) is 300 Å². The van der Waals surface area contributed by atoms with Gasteiger partial charge in [0.05, 0.1) is 12.1 Å². The van der Waals surface area contributed by atoms with Crippen LogP contribution in [0.15, 0.2) is 79.2 Å². The van der Waals surface area contributed by atoms with Crippen LogP contribution in [-0.2, 0) is 68.9 Å². The Balaban J connectivity index is 1.65. The predicted molar refractivity (Wildman–Crippen MR) is 379 cm³/mol.